The van der Waals surface area contributed by atoms with Gasteiger partial charge in [-0.3, -0.25) is 4.79 Å². The largest absolute Gasteiger partial charge is 0.379 e. The first-order valence-corrected chi connectivity index (χ1v) is 5.64. The maximum absolute atomic E-state index is 11.8. The van der Waals surface area contributed by atoms with E-state index in [2.05, 4.69) is 5.32 Å². The highest BCUT2D eigenvalue weighted by atomic mass is 16.5. The molecule has 1 aliphatic heterocycles. The van der Waals surface area contributed by atoms with Gasteiger partial charge in [0.05, 0.1) is 18.2 Å². The number of amides is 1. The van der Waals surface area contributed by atoms with E-state index in [4.69, 9.17) is 10.5 Å². The number of hydrogen-bond donors (Lipinski definition) is 2. The van der Waals surface area contributed by atoms with Crippen molar-refractivity contribution in [2.75, 3.05) is 13.2 Å². The summed E-state index contributed by atoms with van der Waals surface area (Å²) in [4.78, 5) is 11.8. The summed E-state index contributed by atoms with van der Waals surface area (Å²) in [6.45, 7) is 7.35. The number of nitrogens with one attached hydrogen (secondary N) is 1. The van der Waals surface area contributed by atoms with E-state index in [1.54, 1.807) is 0 Å². The topological polar surface area (TPSA) is 64.4 Å². The zero-order chi connectivity index (χ0) is 11.5. The van der Waals surface area contributed by atoms with Crippen LogP contribution in [0.4, 0.5) is 0 Å². The lowest BCUT2D eigenvalue weighted by Gasteiger charge is -2.27. The van der Waals surface area contributed by atoms with Crippen molar-refractivity contribution in [3.05, 3.63) is 0 Å². The van der Waals surface area contributed by atoms with E-state index in [-0.39, 0.29) is 17.4 Å². The zero-order valence-corrected chi connectivity index (χ0v) is 9.88. The molecule has 1 fully saturated rings. The van der Waals surface area contributed by atoms with Gasteiger partial charge in [0.1, 0.15) is 0 Å². The molecule has 0 aliphatic carbocycles. The van der Waals surface area contributed by atoms with Gasteiger partial charge in [0.2, 0.25) is 5.91 Å². The predicted octanol–water partition coefficient (Wildman–Crippen LogP) is 0.655. The second kappa shape index (κ2) is 4.94. The zero-order valence-electron chi connectivity index (χ0n) is 9.88. The standard InChI is InChI=1S/C11H22N2O2/c1-4-8(2)9(12)10(14)13-11(3)5-6-15-7-11/h8-9H,4-7,12H2,1-3H3,(H,13,14)/t8-,9-,11?/m0/s1. The van der Waals surface area contributed by atoms with Gasteiger partial charge in [-0.05, 0) is 19.3 Å². The van der Waals surface area contributed by atoms with E-state index >= 15 is 0 Å². The first kappa shape index (κ1) is 12.5. The molecule has 0 aromatic carbocycles. The summed E-state index contributed by atoms with van der Waals surface area (Å²) in [5.41, 5.74) is 5.64. The van der Waals surface area contributed by atoms with Crippen molar-refractivity contribution in [3.63, 3.8) is 0 Å². The Morgan fingerprint density at radius 3 is 2.80 bits per heavy atom. The highest BCUT2D eigenvalue weighted by molar-refractivity contribution is 5.82. The lowest BCUT2D eigenvalue weighted by Crippen LogP contribution is -2.54. The van der Waals surface area contributed by atoms with Gasteiger partial charge < -0.3 is 15.8 Å². The average Bonchev–Trinajstić information content (AvgIpc) is 2.62. The first-order valence-electron chi connectivity index (χ1n) is 5.64. The molecule has 4 nitrogen and oxygen atoms in total. The highest BCUT2D eigenvalue weighted by Gasteiger charge is 2.33. The Hall–Kier alpha value is -0.610. The third-order valence-corrected chi connectivity index (χ3v) is 3.20. The van der Waals surface area contributed by atoms with Gasteiger partial charge >= 0.3 is 0 Å². The summed E-state index contributed by atoms with van der Waals surface area (Å²) in [5, 5.41) is 2.98. The minimum atomic E-state index is -0.410. The molecule has 1 amide bonds. The van der Waals surface area contributed by atoms with Crippen LogP contribution in [0.15, 0.2) is 0 Å². The number of ether oxygens (including phenoxy) is 1. The minimum Gasteiger partial charge on any atom is -0.379 e. The van der Waals surface area contributed by atoms with Crippen LogP contribution < -0.4 is 11.1 Å². The van der Waals surface area contributed by atoms with Gasteiger partial charge in [0.25, 0.3) is 0 Å². The molecule has 0 spiro atoms. The van der Waals surface area contributed by atoms with Crippen LogP contribution in [0.2, 0.25) is 0 Å². The van der Waals surface area contributed by atoms with E-state index in [1.165, 1.54) is 0 Å². The summed E-state index contributed by atoms with van der Waals surface area (Å²) in [6.07, 6.45) is 1.79. The maximum atomic E-state index is 11.8. The fourth-order valence-electron chi connectivity index (χ4n) is 1.66. The normalized spacial score (nSPS) is 29.9. The molecule has 1 unspecified atom stereocenters. The lowest BCUT2D eigenvalue weighted by atomic mass is 9.96. The Morgan fingerprint density at radius 2 is 2.33 bits per heavy atom. The predicted molar refractivity (Wildman–Crippen MR) is 59.4 cm³/mol. The van der Waals surface area contributed by atoms with Gasteiger partial charge in [-0.25, -0.2) is 0 Å². The van der Waals surface area contributed by atoms with Crippen LogP contribution >= 0.6 is 0 Å². The van der Waals surface area contributed by atoms with E-state index in [9.17, 15) is 4.79 Å². The fraction of sp³-hybridized carbons (Fsp3) is 0.909. The number of carbonyl (C=O) groups is 1. The van der Waals surface area contributed by atoms with Crippen molar-refractivity contribution < 1.29 is 9.53 Å². The Bertz CT molecular complexity index is 225. The van der Waals surface area contributed by atoms with Crippen molar-refractivity contribution in [2.45, 2.75) is 45.2 Å². The van der Waals surface area contributed by atoms with Crippen LogP contribution in [0.25, 0.3) is 0 Å². The van der Waals surface area contributed by atoms with E-state index in [0.29, 0.717) is 6.61 Å². The van der Waals surface area contributed by atoms with E-state index in [0.717, 1.165) is 19.4 Å². The lowest BCUT2D eigenvalue weighted by molar-refractivity contribution is -0.125. The molecule has 3 atom stereocenters. The monoisotopic (exact) mass is 214 g/mol. The van der Waals surface area contributed by atoms with Crippen LogP contribution in [0.3, 0.4) is 0 Å². The van der Waals surface area contributed by atoms with Gasteiger partial charge in [-0.15, -0.1) is 0 Å². The average molecular weight is 214 g/mol. The Labute approximate surface area is 91.5 Å². The van der Waals surface area contributed by atoms with Gasteiger partial charge in [-0.1, -0.05) is 20.3 Å². The number of nitrogens with two attached hydrogens (primary N) is 1. The molecule has 1 heterocycles. The quantitative estimate of drug-likeness (QED) is 0.722. The van der Waals surface area contributed by atoms with Gasteiger partial charge in [0, 0.05) is 6.61 Å². The highest BCUT2D eigenvalue weighted by Crippen LogP contribution is 2.18. The molecule has 1 aliphatic rings. The fourth-order valence-corrected chi connectivity index (χ4v) is 1.66. The van der Waals surface area contributed by atoms with Crippen LogP contribution in [0, 0.1) is 5.92 Å². The minimum absolute atomic E-state index is 0.0580. The summed E-state index contributed by atoms with van der Waals surface area (Å²) in [6, 6.07) is -0.410. The summed E-state index contributed by atoms with van der Waals surface area (Å²) in [5.74, 6) is 0.160. The number of carbonyl (C=O) groups excluding carboxylic acids is 1. The number of hydrogen-bond acceptors (Lipinski definition) is 3. The van der Waals surface area contributed by atoms with Crippen molar-refractivity contribution in [2.24, 2.45) is 11.7 Å². The second-order valence-corrected chi connectivity index (χ2v) is 4.76. The van der Waals surface area contributed by atoms with Crippen LogP contribution in [-0.2, 0) is 9.53 Å². The summed E-state index contributed by atoms with van der Waals surface area (Å²) in [7, 11) is 0. The molecule has 88 valence electrons. The van der Waals surface area contributed by atoms with Crippen LogP contribution in [0.1, 0.15) is 33.6 Å². The summed E-state index contributed by atoms with van der Waals surface area (Å²) < 4.78 is 5.27. The van der Waals surface area contributed by atoms with E-state index in [1.807, 2.05) is 20.8 Å². The maximum Gasteiger partial charge on any atom is 0.237 e. The molecular formula is C11H22N2O2. The van der Waals surface area contributed by atoms with Crippen molar-refractivity contribution in [1.29, 1.82) is 0 Å². The Morgan fingerprint density at radius 1 is 1.67 bits per heavy atom. The van der Waals surface area contributed by atoms with Crippen LogP contribution in [0.5, 0.6) is 0 Å². The SMILES string of the molecule is CC[C@H](C)[C@H](N)C(=O)NC1(C)CCOC1. The molecule has 15 heavy (non-hydrogen) atoms. The molecule has 0 aromatic rings. The third kappa shape index (κ3) is 3.18. The molecule has 0 radical (unpaired) electrons. The molecular weight excluding hydrogens is 192 g/mol. The Balaban J connectivity index is 2.47. The summed E-state index contributed by atoms with van der Waals surface area (Å²) >= 11 is 0. The van der Waals surface area contributed by atoms with Gasteiger partial charge in [0.15, 0.2) is 0 Å². The molecule has 1 saturated heterocycles. The third-order valence-electron chi connectivity index (χ3n) is 3.20. The first-order chi connectivity index (χ1) is 6.98. The Kier molecular flexibility index (Phi) is 4.11. The van der Waals surface area contributed by atoms with Crippen molar-refractivity contribution >= 4 is 5.91 Å². The van der Waals surface area contributed by atoms with Crippen LogP contribution in [-0.4, -0.2) is 30.7 Å². The smallest absolute Gasteiger partial charge is 0.237 e. The molecule has 0 saturated carbocycles. The van der Waals surface area contributed by atoms with Crippen molar-refractivity contribution in [3.8, 4) is 0 Å². The molecule has 4 heteroatoms. The molecule has 0 bridgehead atoms. The van der Waals surface area contributed by atoms with Gasteiger partial charge in [-0.2, -0.15) is 0 Å². The van der Waals surface area contributed by atoms with E-state index < -0.39 is 6.04 Å². The molecule has 1 rings (SSSR count). The number of rotatable bonds is 4. The molecule has 3 N–H and O–H groups in total. The second-order valence-electron chi connectivity index (χ2n) is 4.76. The molecule has 0 aromatic heterocycles. The van der Waals surface area contributed by atoms with Crippen molar-refractivity contribution in [1.82, 2.24) is 5.32 Å².